The van der Waals surface area contributed by atoms with Crippen molar-refractivity contribution in [2.75, 3.05) is 13.2 Å². The number of carbonyl (C=O) groups is 1. The molecule has 0 aliphatic heterocycles. The molecule has 0 spiro atoms. The van der Waals surface area contributed by atoms with Crippen molar-refractivity contribution in [3.8, 4) is 0 Å². The molecule has 4 heteroatoms. The first kappa shape index (κ1) is 13.4. The molecule has 14 heavy (non-hydrogen) atoms. The number of hydrogen-bond donors (Lipinski definition) is 2. The van der Waals surface area contributed by atoms with Crippen LogP contribution in [0.1, 0.15) is 33.6 Å². The molecular formula is C10H20O4. The zero-order valence-corrected chi connectivity index (χ0v) is 9.12. The van der Waals surface area contributed by atoms with Crippen LogP contribution in [0.4, 0.5) is 0 Å². The summed E-state index contributed by atoms with van der Waals surface area (Å²) in [5.74, 6) is -1.71. The number of carboxylic acids is 1. The molecule has 4 nitrogen and oxygen atoms in total. The molecule has 2 N–H and O–H groups in total. The second-order valence-corrected chi connectivity index (χ2v) is 3.67. The van der Waals surface area contributed by atoms with Crippen LogP contribution in [0.3, 0.4) is 0 Å². The molecule has 0 radical (unpaired) electrons. The van der Waals surface area contributed by atoms with Crippen molar-refractivity contribution < 1.29 is 19.7 Å². The fourth-order valence-corrected chi connectivity index (χ4v) is 1.40. The lowest BCUT2D eigenvalue weighted by Gasteiger charge is -2.29. The number of aliphatic hydroxyl groups is 1. The van der Waals surface area contributed by atoms with Crippen LogP contribution in [0.25, 0.3) is 0 Å². The first-order valence-corrected chi connectivity index (χ1v) is 4.98. The van der Waals surface area contributed by atoms with Crippen molar-refractivity contribution >= 4 is 5.97 Å². The number of hydrogen-bond acceptors (Lipinski definition) is 3. The van der Waals surface area contributed by atoms with E-state index in [0.717, 1.165) is 6.42 Å². The largest absolute Gasteiger partial charge is 0.481 e. The summed E-state index contributed by atoms with van der Waals surface area (Å²) < 4.78 is 5.06. The molecule has 2 atom stereocenters. The molecule has 0 rings (SSSR count). The first-order valence-electron chi connectivity index (χ1n) is 4.98. The average molecular weight is 204 g/mol. The van der Waals surface area contributed by atoms with E-state index in [2.05, 4.69) is 0 Å². The highest BCUT2D eigenvalue weighted by atomic mass is 16.5. The van der Waals surface area contributed by atoms with Gasteiger partial charge in [0.15, 0.2) is 0 Å². The Balaban J connectivity index is 4.36. The van der Waals surface area contributed by atoms with Gasteiger partial charge in [-0.2, -0.15) is 0 Å². The molecule has 0 saturated carbocycles. The van der Waals surface area contributed by atoms with Crippen LogP contribution < -0.4 is 0 Å². The number of aliphatic carboxylic acids is 1. The highest BCUT2D eigenvalue weighted by Gasteiger charge is 2.36. The van der Waals surface area contributed by atoms with E-state index in [1.807, 2.05) is 13.8 Å². The van der Waals surface area contributed by atoms with Crippen molar-refractivity contribution in [1.82, 2.24) is 0 Å². The number of rotatable bonds is 7. The highest BCUT2D eigenvalue weighted by Crippen LogP contribution is 2.22. The predicted octanol–water partition coefficient (Wildman–Crippen LogP) is 1.27. The Bertz CT molecular complexity index is 177. The van der Waals surface area contributed by atoms with Crippen molar-refractivity contribution in [2.45, 2.75) is 39.2 Å². The van der Waals surface area contributed by atoms with Crippen LogP contribution >= 0.6 is 0 Å². The van der Waals surface area contributed by atoms with Gasteiger partial charge in [-0.15, -0.1) is 0 Å². The predicted molar refractivity (Wildman–Crippen MR) is 53.2 cm³/mol. The maximum Gasteiger partial charge on any atom is 0.309 e. The lowest BCUT2D eigenvalue weighted by molar-refractivity contribution is -0.156. The number of carboxylic acid groups (broad SMARTS) is 1. The maximum atomic E-state index is 10.9. The van der Waals surface area contributed by atoms with Crippen LogP contribution in [0.15, 0.2) is 0 Å². The van der Waals surface area contributed by atoms with Crippen molar-refractivity contribution in [3.63, 3.8) is 0 Å². The summed E-state index contributed by atoms with van der Waals surface area (Å²) in [6, 6.07) is 0. The highest BCUT2D eigenvalue weighted by molar-refractivity contribution is 5.71. The quantitative estimate of drug-likeness (QED) is 0.655. The molecule has 0 aromatic carbocycles. The minimum Gasteiger partial charge on any atom is -0.481 e. The zero-order valence-electron chi connectivity index (χ0n) is 9.12. The van der Waals surface area contributed by atoms with Crippen molar-refractivity contribution in [1.29, 1.82) is 0 Å². The Morgan fingerprint density at radius 2 is 2.07 bits per heavy atom. The van der Waals surface area contributed by atoms with Crippen LogP contribution in [-0.2, 0) is 9.53 Å². The van der Waals surface area contributed by atoms with Crippen LogP contribution in [-0.4, -0.2) is 35.0 Å². The van der Waals surface area contributed by atoms with Gasteiger partial charge in [-0.05, 0) is 20.3 Å². The number of ether oxygens (including phenoxy) is 1. The van der Waals surface area contributed by atoms with Crippen LogP contribution in [0.2, 0.25) is 0 Å². The van der Waals surface area contributed by atoms with Gasteiger partial charge in [0.25, 0.3) is 0 Å². The molecule has 84 valence electrons. The van der Waals surface area contributed by atoms with Gasteiger partial charge < -0.3 is 14.9 Å². The van der Waals surface area contributed by atoms with Gasteiger partial charge in [-0.25, -0.2) is 0 Å². The molecule has 0 fully saturated rings. The second-order valence-electron chi connectivity index (χ2n) is 3.67. The van der Waals surface area contributed by atoms with Gasteiger partial charge in [0, 0.05) is 6.61 Å². The minimum atomic E-state index is -1.28. The average Bonchev–Trinajstić information content (AvgIpc) is 2.10. The van der Waals surface area contributed by atoms with E-state index in [0.29, 0.717) is 13.0 Å². The summed E-state index contributed by atoms with van der Waals surface area (Å²) >= 11 is 0. The Morgan fingerprint density at radius 1 is 1.50 bits per heavy atom. The van der Waals surface area contributed by atoms with Gasteiger partial charge in [0.1, 0.15) is 0 Å². The summed E-state index contributed by atoms with van der Waals surface area (Å²) in [7, 11) is 0. The summed E-state index contributed by atoms with van der Waals surface area (Å²) in [6.07, 6.45) is 1.20. The molecule has 0 amide bonds. The topological polar surface area (TPSA) is 66.8 Å². The summed E-state index contributed by atoms with van der Waals surface area (Å²) in [5.41, 5.74) is -1.28. The van der Waals surface area contributed by atoms with Gasteiger partial charge in [0.2, 0.25) is 0 Å². The van der Waals surface area contributed by atoms with Gasteiger partial charge in [-0.3, -0.25) is 4.79 Å². The molecule has 0 aliphatic rings. The zero-order chi connectivity index (χ0) is 11.2. The standard InChI is InChI=1S/C10H20O4/c1-4-6-8(9(11)12)10(3,13)7-14-5-2/h8,13H,4-7H2,1-3H3,(H,11,12). The molecular weight excluding hydrogens is 184 g/mol. The Morgan fingerprint density at radius 3 is 2.43 bits per heavy atom. The van der Waals surface area contributed by atoms with Crippen molar-refractivity contribution in [3.05, 3.63) is 0 Å². The van der Waals surface area contributed by atoms with E-state index < -0.39 is 17.5 Å². The smallest absolute Gasteiger partial charge is 0.309 e. The fraction of sp³-hybridized carbons (Fsp3) is 0.900. The second kappa shape index (κ2) is 5.98. The minimum absolute atomic E-state index is 0.0699. The van der Waals surface area contributed by atoms with Gasteiger partial charge in [0.05, 0.1) is 18.1 Å². The summed E-state index contributed by atoms with van der Waals surface area (Å²) in [6.45, 7) is 5.77. The SMILES string of the molecule is CCCC(C(=O)O)C(C)(O)COCC. The normalized spacial score (nSPS) is 17.4. The van der Waals surface area contributed by atoms with Crippen LogP contribution in [0, 0.1) is 5.92 Å². The summed E-state index contributed by atoms with van der Waals surface area (Å²) in [4.78, 5) is 10.9. The molecule has 0 aliphatic carbocycles. The third-order valence-corrected chi connectivity index (χ3v) is 2.22. The van der Waals surface area contributed by atoms with Crippen LogP contribution in [0.5, 0.6) is 0 Å². The van der Waals surface area contributed by atoms with Gasteiger partial charge in [-0.1, -0.05) is 13.3 Å². The Hall–Kier alpha value is -0.610. The van der Waals surface area contributed by atoms with Gasteiger partial charge >= 0.3 is 5.97 Å². The summed E-state index contributed by atoms with van der Waals surface area (Å²) in [5, 5.41) is 18.8. The van der Waals surface area contributed by atoms with E-state index >= 15 is 0 Å². The maximum absolute atomic E-state index is 10.9. The van der Waals surface area contributed by atoms with E-state index in [1.54, 1.807) is 0 Å². The molecule has 2 unspecified atom stereocenters. The van der Waals surface area contributed by atoms with E-state index in [1.165, 1.54) is 6.92 Å². The molecule has 0 bridgehead atoms. The Kier molecular flexibility index (Phi) is 5.72. The van der Waals surface area contributed by atoms with E-state index in [4.69, 9.17) is 9.84 Å². The monoisotopic (exact) mass is 204 g/mol. The fourth-order valence-electron chi connectivity index (χ4n) is 1.40. The molecule has 0 aromatic heterocycles. The van der Waals surface area contributed by atoms with E-state index in [-0.39, 0.29) is 6.61 Å². The first-order chi connectivity index (χ1) is 6.45. The van der Waals surface area contributed by atoms with Crippen molar-refractivity contribution in [2.24, 2.45) is 5.92 Å². The van der Waals surface area contributed by atoms with E-state index in [9.17, 15) is 9.90 Å². The molecule has 0 saturated heterocycles. The lowest BCUT2D eigenvalue weighted by Crippen LogP contribution is -2.43. The third-order valence-electron chi connectivity index (χ3n) is 2.22. The lowest BCUT2D eigenvalue weighted by atomic mass is 9.86. The Labute approximate surface area is 84.9 Å². The third kappa shape index (κ3) is 4.07. The molecule has 0 aromatic rings. The molecule has 0 heterocycles.